The van der Waals surface area contributed by atoms with Gasteiger partial charge in [0.15, 0.2) is 4.96 Å². The third kappa shape index (κ3) is 2.70. The van der Waals surface area contributed by atoms with E-state index in [1.165, 1.54) is 0 Å². The molecule has 0 N–H and O–H groups in total. The number of hydrogen-bond donors (Lipinski definition) is 0. The Bertz CT molecular complexity index is 702. The summed E-state index contributed by atoms with van der Waals surface area (Å²) in [7, 11) is 1.57. The molecule has 0 fully saturated rings. The predicted octanol–water partition coefficient (Wildman–Crippen LogP) is 2.15. The van der Waals surface area contributed by atoms with Crippen molar-refractivity contribution in [2.45, 2.75) is 12.8 Å². The third-order valence-corrected chi connectivity index (χ3v) is 3.70. The maximum atomic E-state index is 12.0. The molecule has 0 saturated heterocycles. The van der Waals surface area contributed by atoms with Crippen molar-refractivity contribution >= 4 is 22.1 Å². The number of carbonyl (C=O) groups is 1. The molecule has 3 aromatic rings. The van der Waals surface area contributed by atoms with Gasteiger partial charge < -0.3 is 4.74 Å². The second kappa shape index (κ2) is 5.42. The van der Waals surface area contributed by atoms with E-state index in [9.17, 15) is 4.79 Å². The fourth-order valence-electron chi connectivity index (χ4n) is 1.99. The van der Waals surface area contributed by atoms with E-state index >= 15 is 0 Å². The molecule has 0 spiro atoms. The number of methoxy groups -OCH3 is 1. The number of fused-ring (bicyclic) bond motifs is 1. The first kappa shape index (κ1) is 12.8. The fourth-order valence-corrected chi connectivity index (χ4v) is 2.71. The van der Waals surface area contributed by atoms with Crippen molar-refractivity contribution in [1.82, 2.24) is 14.4 Å². The number of aromatic nitrogens is 3. The zero-order valence-electron chi connectivity index (χ0n) is 10.9. The zero-order valence-corrected chi connectivity index (χ0v) is 11.8. The molecule has 0 aliphatic rings. The van der Waals surface area contributed by atoms with Gasteiger partial charge in [-0.15, -0.1) is 11.3 Å². The minimum atomic E-state index is 0.128. The van der Waals surface area contributed by atoms with Crippen molar-refractivity contribution < 1.29 is 9.53 Å². The Labute approximate surface area is 119 Å². The number of nitrogens with zero attached hydrogens (tertiary/aromatic N) is 3. The molecule has 6 heteroatoms. The van der Waals surface area contributed by atoms with E-state index in [2.05, 4.69) is 9.97 Å². The lowest BCUT2D eigenvalue weighted by atomic mass is 10.1. The maximum absolute atomic E-state index is 12.0. The van der Waals surface area contributed by atoms with E-state index in [0.717, 1.165) is 16.2 Å². The summed E-state index contributed by atoms with van der Waals surface area (Å²) < 4.78 is 6.92. The summed E-state index contributed by atoms with van der Waals surface area (Å²) in [6, 6.07) is 3.62. The van der Waals surface area contributed by atoms with E-state index in [1.807, 2.05) is 28.2 Å². The van der Waals surface area contributed by atoms with E-state index < -0.39 is 0 Å². The molecule has 0 atom stereocenters. The average Bonchev–Trinajstić information content (AvgIpc) is 3.00. The fraction of sp³-hybridized carbons (Fsp3) is 0.214. The van der Waals surface area contributed by atoms with Gasteiger partial charge in [0.1, 0.15) is 5.78 Å². The van der Waals surface area contributed by atoms with Crippen LogP contribution in [-0.2, 0) is 17.6 Å². The van der Waals surface area contributed by atoms with Gasteiger partial charge in [-0.1, -0.05) is 6.07 Å². The van der Waals surface area contributed by atoms with Crippen LogP contribution in [0.2, 0.25) is 0 Å². The van der Waals surface area contributed by atoms with Crippen molar-refractivity contribution in [2.24, 2.45) is 0 Å². The van der Waals surface area contributed by atoms with Gasteiger partial charge >= 0.3 is 0 Å². The van der Waals surface area contributed by atoms with Gasteiger partial charge in [0.2, 0.25) is 5.88 Å². The molecule has 0 bridgehead atoms. The van der Waals surface area contributed by atoms with E-state index in [4.69, 9.17) is 4.74 Å². The molecule has 5 nitrogen and oxygen atoms in total. The highest BCUT2D eigenvalue weighted by atomic mass is 32.1. The molecule has 0 amide bonds. The monoisotopic (exact) mass is 287 g/mol. The summed E-state index contributed by atoms with van der Waals surface area (Å²) in [5.41, 5.74) is 1.69. The number of ketones is 1. The average molecular weight is 287 g/mol. The summed E-state index contributed by atoms with van der Waals surface area (Å²) >= 11 is 1.56. The van der Waals surface area contributed by atoms with Crippen LogP contribution >= 0.6 is 11.3 Å². The predicted molar refractivity (Wildman–Crippen MR) is 76.3 cm³/mol. The van der Waals surface area contributed by atoms with Gasteiger partial charge in [0.25, 0.3) is 0 Å². The molecule has 0 aliphatic carbocycles. The Morgan fingerprint density at radius 2 is 2.30 bits per heavy atom. The van der Waals surface area contributed by atoms with Gasteiger partial charge in [-0.3, -0.25) is 9.20 Å². The first-order valence-electron chi connectivity index (χ1n) is 6.16. The highest BCUT2D eigenvalue weighted by Crippen LogP contribution is 2.13. The van der Waals surface area contributed by atoms with Crippen LogP contribution in [0.3, 0.4) is 0 Å². The van der Waals surface area contributed by atoms with E-state index in [0.29, 0.717) is 18.7 Å². The Morgan fingerprint density at radius 1 is 1.40 bits per heavy atom. The van der Waals surface area contributed by atoms with Crippen molar-refractivity contribution in [2.75, 3.05) is 7.11 Å². The van der Waals surface area contributed by atoms with Gasteiger partial charge in [-0.2, -0.15) is 0 Å². The van der Waals surface area contributed by atoms with Gasteiger partial charge in [-0.05, 0) is 5.56 Å². The quantitative estimate of drug-likeness (QED) is 0.721. The van der Waals surface area contributed by atoms with Crippen LogP contribution in [-0.4, -0.2) is 27.3 Å². The van der Waals surface area contributed by atoms with Crippen LogP contribution in [0.1, 0.15) is 11.3 Å². The van der Waals surface area contributed by atoms with E-state index in [-0.39, 0.29) is 5.78 Å². The molecule has 0 saturated carbocycles. The Kier molecular flexibility index (Phi) is 3.47. The SMILES string of the molecule is COc1ccc(CC(=O)Cc2cn3ccsc3n2)cn1. The molecule has 0 aliphatic heterocycles. The summed E-state index contributed by atoms with van der Waals surface area (Å²) in [5.74, 6) is 0.679. The number of imidazole rings is 1. The minimum Gasteiger partial charge on any atom is -0.481 e. The van der Waals surface area contributed by atoms with Crippen LogP contribution in [0.4, 0.5) is 0 Å². The lowest BCUT2D eigenvalue weighted by molar-refractivity contribution is -0.117. The summed E-state index contributed by atoms with van der Waals surface area (Å²) in [5, 5.41) is 1.97. The Morgan fingerprint density at radius 3 is 3.00 bits per heavy atom. The minimum absolute atomic E-state index is 0.128. The third-order valence-electron chi connectivity index (χ3n) is 2.93. The van der Waals surface area contributed by atoms with Gasteiger partial charge in [0.05, 0.1) is 19.2 Å². The lowest BCUT2D eigenvalue weighted by Gasteiger charge is -2.01. The molecule has 0 unspecified atom stereocenters. The number of ether oxygens (including phenoxy) is 1. The molecule has 20 heavy (non-hydrogen) atoms. The largest absolute Gasteiger partial charge is 0.481 e. The molecule has 3 aromatic heterocycles. The van der Waals surface area contributed by atoms with Crippen LogP contribution in [0.25, 0.3) is 4.96 Å². The van der Waals surface area contributed by atoms with Crippen molar-refractivity contribution in [3.63, 3.8) is 0 Å². The second-order valence-electron chi connectivity index (χ2n) is 4.43. The normalized spacial score (nSPS) is 10.8. The first-order valence-corrected chi connectivity index (χ1v) is 7.04. The standard InChI is InChI=1S/C14H13N3O2S/c1-19-13-3-2-10(8-15-13)6-12(18)7-11-9-17-4-5-20-14(17)16-11/h2-5,8-9H,6-7H2,1H3. The number of Topliss-reactive ketones (excluding diaryl/α,β-unsaturated/α-hetero) is 1. The van der Waals surface area contributed by atoms with Crippen molar-refractivity contribution in [3.8, 4) is 5.88 Å². The number of thiazole rings is 1. The number of pyridine rings is 1. The molecule has 3 heterocycles. The Hall–Kier alpha value is -2.21. The Balaban J connectivity index is 1.65. The molecule has 0 aromatic carbocycles. The van der Waals surface area contributed by atoms with E-state index in [1.54, 1.807) is 30.7 Å². The van der Waals surface area contributed by atoms with Crippen LogP contribution in [0.15, 0.2) is 36.1 Å². The summed E-state index contributed by atoms with van der Waals surface area (Å²) in [4.78, 5) is 21.4. The molecule has 3 rings (SSSR count). The highest BCUT2D eigenvalue weighted by molar-refractivity contribution is 7.15. The molecular formula is C14H13N3O2S. The second-order valence-corrected chi connectivity index (χ2v) is 5.30. The van der Waals surface area contributed by atoms with Crippen molar-refractivity contribution in [1.29, 1.82) is 0 Å². The van der Waals surface area contributed by atoms with Crippen LogP contribution in [0.5, 0.6) is 5.88 Å². The van der Waals surface area contributed by atoms with Crippen molar-refractivity contribution in [3.05, 3.63) is 47.4 Å². The van der Waals surface area contributed by atoms with Crippen LogP contribution in [0, 0.1) is 0 Å². The smallest absolute Gasteiger partial charge is 0.212 e. The number of carbonyl (C=O) groups excluding carboxylic acids is 1. The molecule has 102 valence electrons. The zero-order chi connectivity index (χ0) is 13.9. The maximum Gasteiger partial charge on any atom is 0.212 e. The number of rotatable bonds is 5. The van der Waals surface area contributed by atoms with Gasteiger partial charge in [-0.25, -0.2) is 9.97 Å². The lowest BCUT2D eigenvalue weighted by Crippen LogP contribution is -2.07. The number of hydrogen-bond acceptors (Lipinski definition) is 5. The van der Waals surface area contributed by atoms with Crippen LogP contribution < -0.4 is 4.74 Å². The topological polar surface area (TPSA) is 56.5 Å². The van der Waals surface area contributed by atoms with Gasteiger partial charge in [0, 0.05) is 36.5 Å². The molecular weight excluding hydrogens is 274 g/mol. The molecule has 0 radical (unpaired) electrons. The highest BCUT2D eigenvalue weighted by Gasteiger charge is 2.09. The summed E-state index contributed by atoms with van der Waals surface area (Å²) in [6.07, 6.45) is 6.22. The first-order chi connectivity index (χ1) is 9.74. The summed E-state index contributed by atoms with van der Waals surface area (Å²) in [6.45, 7) is 0.